The molecule has 1 saturated heterocycles. The summed E-state index contributed by atoms with van der Waals surface area (Å²) < 4.78 is 32.9. The number of hydrogen-bond donors (Lipinski definition) is 1. The fourth-order valence-electron chi connectivity index (χ4n) is 3.01. The third-order valence-corrected chi connectivity index (χ3v) is 6.45. The number of aryl methyl sites for hydroxylation is 2. The zero-order valence-electron chi connectivity index (χ0n) is 15.0. The normalized spacial score (nSPS) is 16.3. The molecular formula is C16H26ClN3O5S. The van der Waals surface area contributed by atoms with E-state index >= 15 is 0 Å². The number of nitrogens with zero attached hydrogens (tertiary/aromatic N) is 2. The highest BCUT2D eigenvalue weighted by Gasteiger charge is 2.32. The second-order valence-electron chi connectivity index (χ2n) is 6.28. The molecule has 0 amide bonds. The van der Waals surface area contributed by atoms with E-state index in [-0.39, 0.29) is 29.1 Å². The lowest BCUT2D eigenvalue weighted by atomic mass is 10.1. The van der Waals surface area contributed by atoms with Crippen LogP contribution in [-0.2, 0) is 14.8 Å². The van der Waals surface area contributed by atoms with Crippen LogP contribution in [0.2, 0.25) is 0 Å². The van der Waals surface area contributed by atoms with Crippen molar-refractivity contribution < 1.29 is 18.1 Å². The first-order valence-corrected chi connectivity index (χ1v) is 9.79. The van der Waals surface area contributed by atoms with Gasteiger partial charge in [-0.15, -0.1) is 12.4 Å². The lowest BCUT2D eigenvalue weighted by Gasteiger charge is -2.31. The van der Waals surface area contributed by atoms with Gasteiger partial charge in [0.15, 0.2) is 0 Å². The van der Waals surface area contributed by atoms with Crippen LogP contribution in [0.4, 0.5) is 5.69 Å². The molecule has 0 bridgehead atoms. The average molecular weight is 408 g/mol. The summed E-state index contributed by atoms with van der Waals surface area (Å²) >= 11 is 0. The minimum Gasteiger partial charge on any atom is -0.378 e. The van der Waals surface area contributed by atoms with Gasteiger partial charge in [0, 0.05) is 31.3 Å². The number of nitrogens with two attached hydrogens (primary N) is 1. The fraction of sp³-hybridized carbons (Fsp3) is 0.625. The molecule has 1 aromatic carbocycles. The van der Waals surface area contributed by atoms with Gasteiger partial charge in [-0.3, -0.25) is 10.1 Å². The van der Waals surface area contributed by atoms with Gasteiger partial charge in [0.2, 0.25) is 10.0 Å². The highest BCUT2D eigenvalue weighted by molar-refractivity contribution is 7.89. The third-order valence-electron chi connectivity index (χ3n) is 4.41. The number of hydrogen-bond acceptors (Lipinski definition) is 6. The molecule has 1 aromatic rings. The van der Waals surface area contributed by atoms with Crippen LogP contribution in [0.3, 0.4) is 0 Å². The molecule has 0 unspecified atom stereocenters. The maximum atomic E-state index is 12.9. The summed E-state index contributed by atoms with van der Waals surface area (Å²) in [7, 11) is -3.76. The molecule has 1 fully saturated rings. The zero-order chi connectivity index (χ0) is 18.6. The summed E-state index contributed by atoms with van der Waals surface area (Å²) in [5.41, 5.74) is 6.22. The van der Waals surface area contributed by atoms with Crippen LogP contribution in [0.1, 0.15) is 30.4 Å². The third kappa shape index (κ3) is 5.14. The van der Waals surface area contributed by atoms with Gasteiger partial charge in [0.25, 0.3) is 5.69 Å². The van der Waals surface area contributed by atoms with Crippen molar-refractivity contribution in [3.05, 3.63) is 33.4 Å². The van der Waals surface area contributed by atoms with Gasteiger partial charge in [-0.1, -0.05) is 0 Å². The van der Waals surface area contributed by atoms with E-state index < -0.39 is 14.9 Å². The van der Waals surface area contributed by atoms with E-state index in [9.17, 15) is 18.5 Å². The van der Waals surface area contributed by atoms with Crippen LogP contribution in [0.25, 0.3) is 0 Å². The summed E-state index contributed by atoms with van der Waals surface area (Å²) in [6, 6.07) is 2.72. The summed E-state index contributed by atoms with van der Waals surface area (Å²) in [6.45, 7) is 5.10. The molecule has 26 heavy (non-hydrogen) atoms. The van der Waals surface area contributed by atoms with Crippen molar-refractivity contribution in [2.75, 3.05) is 26.2 Å². The monoisotopic (exact) mass is 407 g/mol. The number of piperidine rings is 1. The van der Waals surface area contributed by atoms with Gasteiger partial charge in [-0.2, -0.15) is 4.31 Å². The van der Waals surface area contributed by atoms with E-state index in [1.165, 1.54) is 10.4 Å². The quantitative estimate of drug-likeness (QED) is 0.420. The first kappa shape index (κ1) is 22.8. The smallest absolute Gasteiger partial charge is 0.273 e. The van der Waals surface area contributed by atoms with E-state index in [2.05, 4.69) is 0 Å². The van der Waals surface area contributed by atoms with Crippen LogP contribution < -0.4 is 5.73 Å². The molecule has 0 radical (unpaired) electrons. The minimum absolute atomic E-state index is 0. The molecule has 0 aromatic heterocycles. The van der Waals surface area contributed by atoms with Crippen LogP contribution >= 0.6 is 12.4 Å². The summed E-state index contributed by atoms with van der Waals surface area (Å²) in [4.78, 5) is 10.6. The topological polar surface area (TPSA) is 116 Å². The molecule has 2 rings (SSSR count). The average Bonchev–Trinajstić information content (AvgIpc) is 2.55. The molecule has 2 N–H and O–H groups in total. The number of nitro benzene ring substituents is 1. The number of sulfonamides is 1. The van der Waals surface area contributed by atoms with Gasteiger partial charge < -0.3 is 10.5 Å². The van der Waals surface area contributed by atoms with Crippen molar-refractivity contribution in [3.8, 4) is 0 Å². The fourth-order valence-corrected chi connectivity index (χ4v) is 4.70. The number of halogens is 1. The number of rotatable bonds is 7. The highest BCUT2D eigenvalue weighted by Crippen LogP contribution is 2.29. The van der Waals surface area contributed by atoms with Crippen molar-refractivity contribution in [2.24, 2.45) is 5.73 Å². The van der Waals surface area contributed by atoms with Crippen molar-refractivity contribution in [1.29, 1.82) is 0 Å². The summed E-state index contributed by atoms with van der Waals surface area (Å²) in [5.74, 6) is 0. The summed E-state index contributed by atoms with van der Waals surface area (Å²) in [5, 5.41) is 11.1. The van der Waals surface area contributed by atoms with Crippen molar-refractivity contribution in [3.63, 3.8) is 0 Å². The van der Waals surface area contributed by atoms with Gasteiger partial charge in [-0.05, 0) is 51.3 Å². The predicted molar refractivity (Wildman–Crippen MR) is 101 cm³/mol. The molecular weight excluding hydrogens is 382 g/mol. The molecule has 0 spiro atoms. The van der Waals surface area contributed by atoms with Crippen LogP contribution in [-0.4, -0.2) is 50.0 Å². The Balaban J connectivity index is 0.00000338. The van der Waals surface area contributed by atoms with Crippen LogP contribution in [0, 0.1) is 24.0 Å². The molecule has 10 heteroatoms. The lowest BCUT2D eigenvalue weighted by molar-refractivity contribution is -0.385. The van der Waals surface area contributed by atoms with Crippen molar-refractivity contribution in [2.45, 2.75) is 44.1 Å². The largest absolute Gasteiger partial charge is 0.378 e. The predicted octanol–water partition coefficient (Wildman–Crippen LogP) is 2.15. The van der Waals surface area contributed by atoms with Gasteiger partial charge in [-0.25, -0.2) is 8.42 Å². The zero-order valence-corrected chi connectivity index (χ0v) is 16.6. The van der Waals surface area contributed by atoms with Gasteiger partial charge in [0.1, 0.15) is 0 Å². The van der Waals surface area contributed by atoms with E-state index in [0.29, 0.717) is 50.2 Å². The molecule has 0 atom stereocenters. The van der Waals surface area contributed by atoms with Crippen molar-refractivity contribution >= 4 is 28.1 Å². The number of nitro groups is 1. The van der Waals surface area contributed by atoms with E-state index in [4.69, 9.17) is 10.5 Å². The molecule has 148 valence electrons. The first-order chi connectivity index (χ1) is 11.8. The standard InChI is InChI=1S/C16H25N3O5S.ClH/c1-12-10-13(2)16(11-15(12)19(20)21)25(22,23)18-7-4-14(5-8-18)24-9-3-6-17;/h10-11,14H,3-9,17H2,1-2H3;1H. The van der Waals surface area contributed by atoms with Crippen LogP contribution in [0.5, 0.6) is 0 Å². The Morgan fingerprint density at radius 3 is 2.42 bits per heavy atom. The molecule has 1 aliphatic rings. The maximum Gasteiger partial charge on any atom is 0.273 e. The first-order valence-electron chi connectivity index (χ1n) is 8.35. The Labute approximate surface area is 160 Å². The number of benzene rings is 1. The second-order valence-corrected chi connectivity index (χ2v) is 8.18. The Bertz CT molecular complexity index is 734. The van der Waals surface area contributed by atoms with E-state index in [0.717, 1.165) is 6.42 Å². The van der Waals surface area contributed by atoms with Gasteiger partial charge >= 0.3 is 0 Å². The Kier molecular flexibility index (Phi) is 8.42. The maximum absolute atomic E-state index is 12.9. The molecule has 1 heterocycles. The second kappa shape index (κ2) is 9.61. The van der Waals surface area contributed by atoms with Crippen molar-refractivity contribution in [1.82, 2.24) is 4.31 Å². The molecule has 0 saturated carbocycles. The van der Waals surface area contributed by atoms with Crippen LogP contribution in [0.15, 0.2) is 17.0 Å². The Morgan fingerprint density at radius 2 is 1.88 bits per heavy atom. The van der Waals surface area contributed by atoms with E-state index in [1.807, 2.05) is 0 Å². The summed E-state index contributed by atoms with van der Waals surface area (Å²) in [6.07, 6.45) is 2.03. The van der Waals surface area contributed by atoms with Gasteiger partial charge in [0.05, 0.1) is 15.9 Å². The highest BCUT2D eigenvalue weighted by atomic mass is 35.5. The lowest BCUT2D eigenvalue weighted by Crippen LogP contribution is -2.41. The molecule has 8 nitrogen and oxygen atoms in total. The Hall–Kier alpha value is -1.26. The molecule has 0 aliphatic carbocycles. The van der Waals surface area contributed by atoms with E-state index in [1.54, 1.807) is 19.9 Å². The number of ether oxygens (including phenoxy) is 1. The minimum atomic E-state index is -3.76. The Morgan fingerprint density at radius 1 is 1.27 bits per heavy atom. The molecule has 1 aliphatic heterocycles. The SMILES string of the molecule is Cc1cc(C)c(S(=O)(=O)N2CCC(OCCCN)CC2)cc1[N+](=O)[O-].Cl.